The van der Waals surface area contributed by atoms with Gasteiger partial charge >= 0.3 is 0 Å². The van der Waals surface area contributed by atoms with Crippen LogP contribution in [0.4, 0.5) is 5.69 Å². The first-order chi connectivity index (χ1) is 7.90. The molecule has 0 heterocycles. The molecule has 0 bridgehead atoms. The van der Waals surface area contributed by atoms with Crippen molar-refractivity contribution in [2.75, 3.05) is 17.3 Å². The fourth-order valence-corrected chi connectivity index (χ4v) is 2.17. The van der Waals surface area contributed by atoms with Gasteiger partial charge in [0.1, 0.15) is 9.84 Å². The molecule has 1 N–H and O–H groups in total. The number of anilines is 1. The molecule has 0 spiro atoms. The summed E-state index contributed by atoms with van der Waals surface area (Å²) in [6.45, 7) is 1.93. The van der Waals surface area contributed by atoms with Crippen LogP contribution in [0, 0.1) is 11.3 Å². The van der Waals surface area contributed by atoms with Crippen molar-refractivity contribution in [1.82, 2.24) is 0 Å². The Morgan fingerprint density at radius 2 is 1.94 bits per heavy atom. The van der Waals surface area contributed by atoms with Gasteiger partial charge in [-0.15, -0.1) is 0 Å². The van der Waals surface area contributed by atoms with Crippen LogP contribution in [0.2, 0.25) is 0 Å². The van der Waals surface area contributed by atoms with Crippen molar-refractivity contribution in [1.29, 1.82) is 5.26 Å². The van der Waals surface area contributed by atoms with Crippen LogP contribution in [0.5, 0.6) is 0 Å². The van der Waals surface area contributed by atoms with Gasteiger partial charge in [-0.3, -0.25) is 0 Å². The van der Waals surface area contributed by atoms with Crippen LogP contribution >= 0.6 is 0 Å². The molecule has 1 aromatic carbocycles. The second kappa shape index (κ2) is 5.69. The molecule has 0 aliphatic heterocycles. The summed E-state index contributed by atoms with van der Waals surface area (Å²) in [5.41, 5.74) is 1.50. The number of nitrogens with one attached hydrogen (secondary N) is 1. The van der Waals surface area contributed by atoms with Gasteiger partial charge in [0.15, 0.2) is 0 Å². The summed E-state index contributed by atoms with van der Waals surface area (Å²) in [6.07, 6.45) is 1.81. The topological polar surface area (TPSA) is 70.0 Å². The first-order valence-electron chi connectivity index (χ1n) is 5.35. The second-order valence-electron chi connectivity index (χ2n) is 4.15. The third kappa shape index (κ3) is 5.36. The summed E-state index contributed by atoms with van der Waals surface area (Å²) in [4.78, 5) is 0. The zero-order valence-electron chi connectivity index (χ0n) is 9.97. The Morgan fingerprint density at radius 1 is 1.35 bits per heavy atom. The highest BCUT2D eigenvalue weighted by Crippen LogP contribution is 2.11. The van der Waals surface area contributed by atoms with Crippen LogP contribution in [-0.4, -0.2) is 26.5 Å². The highest BCUT2D eigenvalue weighted by atomic mass is 32.2. The summed E-state index contributed by atoms with van der Waals surface area (Å²) in [5.74, 6) is 0.178. The van der Waals surface area contributed by atoms with Crippen LogP contribution in [-0.2, 0) is 9.84 Å². The molecule has 0 aromatic heterocycles. The minimum Gasteiger partial charge on any atom is -0.383 e. The van der Waals surface area contributed by atoms with E-state index in [1.807, 2.05) is 25.1 Å². The Hall–Kier alpha value is -1.54. The van der Waals surface area contributed by atoms with E-state index >= 15 is 0 Å². The number of rotatable bonds is 5. The van der Waals surface area contributed by atoms with E-state index in [1.54, 1.807) is 12.1 Å². The predicted octanol–water partition coefficient (Wildman–Crippen LogP) is 1.79. The first kappa shape index (κ1) is 13.5. The zero-order valence-corrected chi connectivity index (χ0v) is 10.8. The summed E-state index contributed by atoms with van der Waals surface area (Å²) < 4.78 is 22.0. The quantitative estimate of drug-likeness (QED) is 0.867. The lowest BCUT2D eigenvalue weighted by molar-refractivity contribution is 0.596. The van der Waals surface area contributed by atoms with E-state index < -0.39 is 9.84 Å². The monoisotopic (exact) mass is 252 g/mol. The lowest BCUT2D eigenvalue weighted by Crippen LogP contribution is -2.19. The predicted molar refractivity (Wildman–Crippen MR) is 68.6 cm³/mol. The van der Waals surface area contributed by atoms with Gasteiger partial charge in [-0.1, -0.05) is 0 Å². The van der Waals surface area contributed by atoms with Crippen molar-refractivity contribution < 1.29 is 8.42 Å². The van der Waals surface area contributed by atoms with Gasteiger partial charge in [0, 0.05) is 18.0 Å². The number of hydrogen-bond donors (Lipinski definition) is 1. The standard InChI is InChI=1S/C12H16N2O2S/c1-10(7-8-17(2,15)16)14-12-5-3-11(9-13)4-6-12/h3-6,10,14H,7-8H2,1-2H3. The molecule has 17 heavy (non-hydrogen) atoms. The van der Waals surface area contributed by atoms with E-state index in [-0.39, 0.29) is 11.8 Å². The smallest absolute Gasteiger partial charge is 0.147 e. The largest absolute Gasteiger partial charge is 0.383 e. The normalized spacial score (nSPS) is 12.8. The molecule has 1 aromatic rings. The van der Waals surface area contributed by atoms with Crippen molar-refractivity contribution in [2.24, 2.45) is 0 Å². The Bertz CT molecular complexity index is 500. The number of sulfone groups is 1. The van der Waals surface area contributed by atoms with Gasteiger partial charge in [-0.2, -0.15) is 5.26 Å². The van der Waals surface area contributed by atoms with Crippen molar-refractivity contribution in [3.05, 3.63) is 29.8 Å². The maximum atomic E-state index is 11.0. The van der Waals surface area contributed by atoms with E-state index in [1.165, 1.54) is 6.26 Å². The Kier molecular flexibility index (Phi) is 4.53. The molecule has 1 unspecified atom stereocenters. The minimum absolute atomic E-state index is 0.0812. The van der Waals surface area contributed by atoms with E-state index in [0.29, 0.717) is 12.0 Å². The van der Waals surface area contributed by atoms with Gasteiger partial charge in [0.2, 0.25) is 0 Å². The average molecular weight is 252 g/mol. The molecular formula is C12H16N2O2S. The zero-order chi connectivity index (χ0) is 12.9. The SMILES string of the molecule is CC(CCS(C)(=O)=O)Nc1ccc(C#N)cc1. The van der Waals surface area contributed by atoms with Gasteiger partial charge < -0.3 is 5.32 Å². The first-order valence-corrected chi connectivity index (χ1v) is 7.41. The fraction of sp³-hybridized carbons (Fsp3) is 0.417. The van der Waals surface area contributed by atoms with Gasteiger partial charge in [0.25, 0.3) is 0 Å². The van der Waals surface area contributed by atoms with Crippen molar-refractivity contribution in [2.45, 2.75) is 19.4 Å². The van der Waals surface area contributed by atoms with Crippen molar-refractivity contribution in [3.8, 4) is 6.07 Å². The molecule has 0 saturated carbocycles. The highest BCUT2D eigenvalue weighted by Gasteiger charge is 2.07. The lowest BCUT2D eigenvalue weighted by Gasteiger charge is -2.14. The van der Waals surface area contributed by atoms with Crippen LogP contribution in [0.1, 0.15) is 18.9 Å². The van der Waals surface area contributed by atoms with Gasteiger partial charge in [0.05, 0.1) is 17.4 Å². The van der Waals surface area contributed by atoms with Crippen LogP contribution in [0.15, 0.2) is 24.3 Å². The third-order valence-electron chi connectivity index (χ3n) is 2.35. The molecule has 0 radical (unpaired) electrons. The molecule has 0 saturated heterocycles. The second-order valence-corrected chi connectivity index (χ2v) is 6.41. The number of nitriles is 1. The molecule has 1 rings (SSSR count). The number of nitrogens with zero attached hydrogens (tertiary/aromatic N) is 1. The molecule has 0 aliphatic carbocycles. The van der Waals surface area contributed by atoms with Crippen molar-refractivity contribution >= 4 is 15.5 Å². The molecule has 1 atom stereocenters. The summed E-state index contributed by atoms with van der Waals surface area (Å²) in [6, 6.07) is 9.21. The van der Waals surface area contributed by atoms with E-state index in [0.717, 1.165) is 5.69 Å². The molecular weight excluding hydrogens is 236 g/mol. The van der Waals surface area contributed by atoms with Crippen molar-refractivity contribution in [3.63, 3.8) is 0 Å². The van der Waals surface area contributed by atoms with Crippen LogP contribution < -0.4 is 5.32 Å². The highest BCUT2D eigenvalue weighted by molar-refractivity contribution is 7.90. The van der Waals surface area contributed by atoms with Crippen LogP contribution in [0.3, 0.4) is 0 Å². The fourth-order valence-electron chi connectivity index (χ4n) is 1.39. The summed E-state index contributed by atoms with van der Waals surface area (Å²) in [7, 11) is -2.91. The maximum Gasteiger partial charge on any atom is 0.147 e. The number of benzene rings is 1. The summed E-state index contributed by atoms with van der Waals surface area (Å²) >= 11 is 0. The molecule has 0 aliphatic rings. The maximum absolute atomic E-state index is 11.0. The minimum atomic E-state index is -2.91. The molecule has 4 nitrogen and oxygen atoms in total. The molecule has 5 heteroatoms. The Labute approximate surface area is 102 Å². The Morgan fingerprint density at radius 3 is 2.41 bits per heavy atom. The van der Waals surface area contributed by atoms with Crippen LogP contribution in [0.25, 0.3) is 0 Å². The third-order valence-corrected chi connectivity index (χ3v) is 3.33. The molecule has 0 amide bonds. The lowest BCUT2D eigenvalue weighted by atomic mass is 10.2. The molecule has 92 valence electrons. The summed E-state index contributed by atoms with van der Waals surface area (Å²) in [5, 5.41) is 11.8. The Balaban J connectivity index is 2.51. The van der Waals surface area contributed by atoms with Gasteiger partial charge in [-0.25, -0.2) is 8.42 Å². The number of hydrogen-bond acceptors (Lipinski definition) is 4. The van der Waals surface area contributed by atoms with E-state index in [2.05, 4.69) is 5.32 Å². The van der Waals surface area contributed by atoms with E-state index in [4.69, 9.17) is 5.26 Å². The van der Waals surface area contributed by atoms with Gasteiger partial charge in [-0.05, 0) is 37.6 Å². The molecule has 0 fully saturated rings. The van der Waals surface area contributed by atoms with E-state index in [9.17, 15) is 8.42 Å². The average Bonchev–Trinajstić information content (AvgIpc) is 2.27.